The Morgan fingerprint density at radius 1 is 1.33 bits per heavy atom. The SMILES string of the molecule is CN(C)CC1CCCC/C1=N/OC(=O)c1ccc(Cl)cc1. The van der Waals surface area contributed by atoms with Crippen LogP contribution in [0, 0.1) is 5.92 Å². The molecule has 1 aromatic rings. The third-order valence-corrected chi connectivity index (χ3v) is 3.87. The minimum atomic E-state index is -0.437. The number of nitrogens with zero attached hydrogens (tertiary/aromatic N) is 2. The van der Waals surface area contributed by atoms with E-state index in [-0.39, 0.29) is 0 Å². The van der Waals surface area contributed by atoms with Gasteiger partial charge in [-0.2, -0.15) is 0 Å². The Bertz CT molecular complexity index is 512. The summed E-state index contributed by atoms with van der Waals surface area (Å²) in [6.07, 6.45) is 4.34. The van der Waals surface area contributed by atoms with Gasteiger partial charge < -0.3 is 9.74 Å². The van der Waals surface area contributed by atoms with Crippen molar-refractivity contribution in [1.82, 2.24) is 4.90 Å². The molecule has 0 saturated heterocycles. The van der Waals surface area contributed by atoms with Crippen LogP contribution in [-0.2, 0) is 4.84 Å². The fourth-order valence-corrected chi connectivity index (χ4v) is 2.69. The van der Waals surface area contributed by atoms with Gasteiger partial charge in [-0.15, -0.1) is 0 Å². The molecule has 1 atom stereocenters. The molecule has 0 heterocycles. The predicted octanol–water partition coefficient (Wildman–Crippen LogP) is 3.60. The molecule has 0 radical (unpaired) electrons. The number of halogens is 1. The van der Waals surface area contributed by atoms with Gasteiger partial charge in [0.25, 0.3) is 0 Å². The van der Waals surface area contributed by atoms with Gasteiger partial charge in [-0.05, 0) is 57.6 Å². The maximum atomic E-state index is 11.9. The number of hydrogen-bond acceptors (Lipinski definition) is 4. The Labute approximate surface area is 130 Å². The molecule has 1 unspecified atom stereocenters. The van der Waals surface area contributed by atoms with Crippen molar-refractivity contribution in [2.24, 2.45) is 11.1 Å². The fraction of sp³-hybridized carbons (Fsp3) is 0.500. The minimum Gasteiger partial charge on any atom is -0.313 e. The molecule has 1 fully saturated rings. The van der Waals surface area contributed by atoms with Crippen LogP contribution in [0.25, 0.3) is 0 Å². The van der Waals surface area contributed by atoms with Crippen molar-refractivity contribution < 1.29 is 9.63 Å². The van der Waals surface area contributed by atoms with Crippen molar-refractivity contribution in [1.29, 1.82) is 0 Å². The summed E-state index contributed by atoms with van der Waals surface area (Å²) in [5.41, 5.74) is 1.46. The fourth-order valence-electron chi connectivity index (χ4n) is 2.56. The number of oxime groups is 1. The lowest BCUT2D eigenvalue weighted by atomic mass is 9.87. The molecule has 5 heteroatoms. The Balaban J connectivity index is 2.00. The second kappa shape index (κ2) is 7.57. The van der Waals surface area contributed by atoms with Crippen LogP contribution in [-0.4, -0.2) is 37.2 Å². The molecular weight excluding hydrogens is 288 g/mol. The smallest absolute Gasteiger partial charge is 0.313 e. The van der Waals surface area contributed by atoms with E-state index in [2.05, 4.69) is 10.1 Å². The number of carbonyl (C=O) groups is 1. The third-order valence-electron chi connectivity index (χ3n) is 3.62. The van der Waals surface area contributed by atoms with E-state index in [0.29, 0.717) is 16.5 Å². The molecule has 1 saturated carbocycles. The zero-order valence-electron chi connectivity index (χ0n) is 12.5. The summed E-state index contributed by atoms with van der Waals surface area (Å²) >= 11 is 5.80. The summed E-state index contributed by atoms with van der Waals surface area (Å²) < 4.78 is 0. The van der Waals surface area contributed by atoms with E-state index in [1.54, 1.807) is 24.3 Å². The normalized spacial score (nSPS) is 20.8. The molecular formula is C16H21ClN2O2. The molecule has 0 amide bonds. The van der Waals surface area contributed by atoms with E-state index in [0.717, 1.165) is 31.5 Å². The van der Waals surface area contributed by atoms with Crippen LogP contribution in [0.4, 0.5) is 0 Å². The Hall–Kier alpha value is -1.39. The molecule has 2 rings (SSSR count). The van der Waals surface area contributed by atoms with Gasteiger partial charge in [0.1, 0.15) is 0 Å². The van der Waals surface area contributed by atoms with Crippen molar-refractivity contribution in [2.75, 3.05) is 20.6 Å². The maximum Gasteiger partial charge on any atom is 0.365 e. The van der Waals surface area contributed by atoms with E-state index >= 15 is 0 Å². The molecule has 0 aliphatic heterocycles. The highest BCUT2D eigenvalue weighted by molar-refractivity contribution is 6.30. The average molecular weight is 309 g/mol. The Kier molecular flexibility index (Phi) is 5.76. The quantitative estimate of drug-likeness (QED) is 0.630. The Morgan fingerprint density at radius 3 is 2.71 bits per heavy atom. The van der Waals surface area contributed by atoms with E-state index < -0.39 is 5.97 Å². The molecule has 0 spiro atoms. The summed E-state index contributed by atoms with van der Waals surface area (Å²) in [5.74, 6) is -0.0555. The topological polar surface area (TPSA) is 41.9 Å². The van der Waals surface area contributed by atoms with Crippen molar-refractivity contribution in [3.05, 3.63) is 34.9 Å². The van der Waals surface area contributed by atoms with E-state index in [9.17, 15) is 4.79 Å². The lowest BCUT2D eigenvalue weighted by molar-refractivity contribution is 0.0511. The number of hydrogen-bond donors (Lipinski definition) is 0. The molecule has 1 aromatic carbocycles. The van der Waals surface area contributed by atoms with E-state index in [1.165, 1.54) is 6.42 Å². The van der Waals surface area contributed by atoms with Crippen LogP contribution in [0.2, 0.25) is 5.02 Å². The van der Waals surface area contributed by atoms with Crippen molar-refractivity contribution in [3.63, 3.8) is 0 Å². The van der Waals surface area contributed by atoms with E-state index in [4.69, 9.17) is 16.4 Å². The highest BCUT2D eigenvalue weighted by Gasteiger charge is 2.22. The summed E-state index contributed by atoms with van der Waals surface area (Å²) in [5, 5.41) is 4.72. The van der Waals surface area contributed by atoms with E-state index in [1.807, 2.05) is 14.1 Å². The lowest BCUT2D eigenvalue weighted by Crippen LogP contribution is -2.30. The first-order chi connectivity index (χ1) is 10.1. The standard InChI is InChI=1S/C16H21ClN2O2/c1-19(2)11-13-5-3-4-6-15(13)18-21-16(20)12-7-9-14(17)10-8-12/h7-10,13H,3-6,11H2,1-2H3/b18-15-. The van der Waals surface area contributed by atoms with Gasteiger partial charge in [0, 0.05) is 17.5 Å². The van der Waals surface area contributed by atoms with Crippen molar-refractivity contribution in [3.8, 4) is 0 Å². The summed E-state index contributed by atoms with van der Waals surface area (Å²) in [6, 6.07) is 6.62. The van der Waals surface area contributed by atoms with Crippen LogP contribution in [0.3, 0.4) is 0 Å². The number of carbonyl (C=O) groups excluding carboxylic acids is 1. The first-order valence-electron chi connectivity index (χ1n) is 7.24. The highest BCUT2D eigenvalue weighted by Crippen LogP contribution is 2.22. The number of benzene rings is 1. The molecule has 0 N–H and O–H groups in total. The lowest BCUT2D eigenvalue weighted by Gasteiger charge is -2.25. The van der Waals surface area contributed by atoms with Crippen LogP contribution in [0.15, 0.2) is 29.4 Å². The summed E-state index contributed by atoms with van der Waals surface area (Å²) in [7, 11) is 4.10. The zero-order chi connectivity index (χ0) is 15.2. The highest BCUT2D eigenvalue weighted by atomic mass is 35.5. The maximum absolute atomic E-state index is 11.9. The van der Waals surface area contributed by atoms with Crippen LogP contribution < -0.4 is 0 Å². The van der Waals surface area contributed by atoms with Crippen LogP contribution in [0.1, 0.15) is 36.0 Å². The molecule has 1 aliphatic rings. The second-order valence-corrected chi connectivity index (χ2v) is 6.11. The molecule has 0 bridgehead atoms. The predicted molar refractivity (Wildman–Crippen MR) is 84.8 cm³/mol. The van der Waals surface area contributed by atoms with Gasteiger partial charge in [-0.3, -0.25) is 0 Å². The van der Waals surface area contributed by atoms with Crippen molar-refractivity contribution >= 4 is 23.3 Å². The van der Waals surface area contributed by atoms with Gasteiger partial charge in [0.05, 0.1) is 11.3 Å². The molecule has 21 heavy (non-hydrogen) atoms. The van der Waals surface area contributed by atoms with Gasteiger partial charge >= 0.3 is 5.97 Å². The van der Waals surface area contributed by atoms with Crippen LogP contribution in [0.5, 0.6) is 0 Å². The first kappa shape index (κ1) is 16.0. The first-order valence-corrected chi connectivity index (χ1v) is 7.62. The van der Waals surface area contributed by atoms with Crippen molar-refractivity contribution in [2.45, 2.75) is 25.7 Å². The van der Waals surface area contributed by atoms with Gasteiger partial charge in [0.2, 0.25) is 0 Å². The Morgan fingerprint density at radius 2 is 2.05 bits per heavy atom. The summed E-state index contributed by atoms with van der Waals surface area (Å²) in [6.45, 7) is 0.942. The molecule has 0 aromatic heterocycles. The minimum absolute atomic E-state index is 0.381. The van der Waals surface area contributed by atoms with Gasteiger partial charge in [-0.1, -0.05) is 23.2 Å². The molecule has 1 aliphatic carbocycles. The number of rotatable bonds is 4. The largest absolute Gasteiger partial charge is 0.365 e. The summed E-state index contributed by atoms with van der Waals surface area (Å²) in [4.78, 5) is 19.2. The van der Waals surface area contributed by atoms with Gasteiger partial charge in [0.15, 0.2) is 0 Å². The van der Waals surface area contributed by atoms with Crippen LogP contribution >= 0.6 is 11.6 Å². The van der Waals surface area contributed by atoms with Gasteiger partial charge in [-0.25, -0.2) is 4.79 Å². The second-order valence-electron chi connectivity index (χ2n) is 5.67. The zero-order valence-corrected chi connectivity index (χ0v) is 13.3. The average Bonchev–Trinajstić information content (AvgIpc) is 2.46. The molecule has 114 valence electrons. The third kappa shape index (κ3) is 4.83. The molecule has 4 nitrogen and oxygen atoms in total. The monoisotopic (exact) mass is 308 g/mol.